The molecule has 3 heterocycles. The van der Waals surface area contributed by atoms with Gasteiger partial charge >= 0.3 is 5.97 Å². The van der Waals surface area contributed by atoms with Gasteiger partial charge in [-0.3, -0.25) is 4.79 Å². The third kappa shape index (κ3) is 4.02. The van der Waals surface area contributed by atoms with E-state index in [1.807, 2.05) is 35.9 Å². The van der Waals surface area contributed by atoms with Crippen molar-refractivity contribution < 1.29 is 19.0 Å². The molecule has 1 atom stereocenters. The topological polar surface area (TPSA) is 121 Å². The second kappa shape index (κ2) is 8.58. The van der Waals surface area contributed by atoms with Gasteiger partial charge in [-0.25, -0.2) is 9.78 Å². The minimum Gasteiger partial charge on any atom is -0.485 e. The number of aromatic nitrogens is 5. The lowest BCUT2D eigenvalue weighted by Gasteiger charge is -2.25. The minimum absolute atomic E-state index is 0.280. The zero-order valence-corrected chi connectivity index (χ0v) is 18.6. The first-order valence-corrected chi connectivity index (χ1v) is 11.0. The lowest BCUT2D eigenvalue weighted by molar-refractivity contribution is 0.0601. The number of nitrogens with one attached hydrogen (secondary N) is 1. The van der Waals surface area contributed by atoms with E-state index in [9.17, 15) is 9.59 Å². The first-order chi connectivity index (χ1) is 16.0. The van der Waals surface area contributed by atoms with Crippen LogP contribution in [-0.2, 0) is 17.5 Å². The molecule has 0 saturated heterocycles. The molecule has 0 saturated carbocycles. The number of carbonyl (C=O) groups excluding carboxylic acids is 1. The summed E-state index contributed by atoms with van der Waals surface area (Å²) in [5, 5.41) is 9.56. The van der Waals surface area contributed by atoms with Crippen molar-refractivity contribution in [2.24, 2.45) is 7.05 Å². The largest absolute Gasteiger partial charge is 0.485 e. The first-order valence-electron chi connectivity index (χ1n) is 10.1. The summed E-state index contributed by atoms with van der Waals surface area (Å²) in [7, 11) is 3.15. The minimum atomic E-state index is -0.488. The van der Waals surface area contributed by atoms with Crippen LogP contribution in [0.15, 0.2) is 52.4 Å². The number of nitrogens with zero attached hydrogens (tertiary/aromatic N) is 4. The number of para-hydroxylation sites is 2. The predicted molar refractivity (Wildman–Crippen MR) is 120 cm³/mol. The molecule has 0 spiro atoms. The maximum atomic E-state index is 12.5. The summed E-state index contributed by atoms with van der Waals surface area (Å²) in [6.07, 6.45) is -0.387. The van der Waals surface area contributed by atoms with Gasteiger partial charge in [-0.15, -0.1) is 10.2 Å². The highest BCUT2D eigenvalue weighted by Gasteiger charge is 2.27. The molecule has 5 rings (SSSR count). The number of ether oxygens (including phenoxy) is 3. The Morgan fingerprint density at radius 2 is 2.06 bits per heavy atom. The molecule has 1 unspecified atom stereocenters. The van der Waals surface area contributed by atoms with Crippen molar-refractivity contribution in [2.75, 3.05) is 13.7 Å². The fourth-order valence-electron chi connectivity index (χ4n) is 3.51. The number of aromatic amines is 1. The molecule has 1 aliphatic rings. The van der Waals surface area contributed by atoms with E-state index in [4.69, 9.17) is 14.2 Å². The molecular weight excluding hydrogens is 446 g/mol. The molecule has 1 aliphatic heterocycles. The smallest absolute Gasteiger partial charge is 0.337 e. The number of carbonyl (C=O) groups is 1. The van der Waals surface area contributed by atoms with Gasteiger partial charge < -0.3 is 23.8 Å². The molecule has 1 N–H and O–H groups in total. The summed E-state index contributed by atoms with van der Waals surface area (Å²) in [6, 6.07) is 12.1. The highest BCUT2D eigenvalue weighted by Crippen LogP contribution is 2.36. The molecule has 33 heavy (non-hydrogen) atoms. The number of H-pyrrole nitrogens is 1. The number of esters is 1. The average molecular weight is 465 g/mol. The van der Waals surface area contributed by atoms with Gasteiger partial charge in [0.2, 0.25) is 0 Å². The Labute approximate surface area is 191 Å². The molecule has 2 aromatic carbocycles. The SMILES string of the molecule is COC(=O)c1ccc2c(=O)[nH]c(CSc3nnc(C4COc5ccccc5O4)n3C)nc2c1. The van der Waals surface area contributed by atoms with Crippen LogP contribution in [0.5, 0.6) is 11.5 Å². The Morgan fingerprint density at radius 1 is 1.24 bits per heavy atom. The number of hydrogen-bond donors (Lipinski definition) is 1. The highest BCUT2D eigenvalue weighted by molar-refractivity contribution is 7.98. The van der Waals surface area contributed by atoms with Crippen LogP contribution in [0, 0.1) is 0 Å². The van der Waals surface area contributed by atoms with Gasteiger partial charge in [0.25, 0.3) is 5.56 Å². The monoisotopic (exact) mass is 465 g/mol. The van der Waals surface area contributed by atoms with E-state index in [-0.39, 0.29) is 11.7 Å². The van der Waals surface area contributed by atoms with Crippen molar-refractivity contribution in [3.8, 4) is 11.5 Å². The summed E-state index contributed by atoms with van der Waals surface area (Å²) in [6.45, 7) is 0.329. The third-order valence-electron chi connectivity index (χ3n) is 5.18. The normalized spacial score (nSPS) is 14.9. The van der Waals surface area contributed by atoms with Crippen molar-refractivity contribution in [2.45, 2.75) is 17.0 Å². The zero-order chi connectivity index (χ0) is 22.9. The average Bonchev–Trinajstić information content (AvgIpc) is 3.21. The third-order valence-corrected chi connectivity index (χ3v) is 6.21. The quantitative estimate of drug-likeness (QED) is 0.350. The van der Waals surface area contributed by atoms with Crippen LogP contribution in [0.4, 0.5) is 0 Å². The van der Waals surface area contributed by atoms with Crippen LogP contribution in [0.25, 0.3) is 10.9 Å². The fourth-order valence-corrected chi connectivity index (χ4v) is 4.30. The molecule has 10 nitrogen and oxygen atoms in total. The second-order valence-corrected chi connectivity index (χ2v) is 8.23. The molecule has 0 fully saturated rings. The van der Waals surface area contributed by atoms with Crippen LogP contribution in [-0.4, -0.2) is 44.4 Å². The van der Waals surface area contributed by atoms with Crippen LogP contribution in [0.3, 0.4) is 0 Å². The van der Waals surface area contributed by atoms with E-state index < -0.39 is 5.97 Å². The number of hydrogen-bond acceptors (Lipinski definition) is 9. The molecule has 11 heteroatoms. The Bertz CT molecular complexity index is 1420. The van der Waals surface area contributed by atoms with E-state index in [2.05, 4.69) is 20.2 Å². The molecule has 4 aromatic rings. The van der Waals surface area contributed by atoms with E-state index in [0.717, 1.165) is 0 Å². The summed E-state index contributed by atoms with van der Waals surface area (Å²) >= 11 is 1.37. The van der Waals surface area contributed by atoms with Crippen LogP contribution < -0.4 is 15.0 Å². The molecule has 0 radical (unpaired) electrons. The summed E-state index contributed by atoms with van der Waals surface area (Å²) in [5.74, 6) is 2.31. The molecule has 0 bridgehead atoms. The Kier molecular flexibility index (Phi) is 5.47. The standard InChI is InChI=1S/C22H19N5O5S/c1-27-19(17-10-31-15-5-3-4-6-16(15)32-17)25-26-22(27)33-11-18-23-14-9-12(21(29)30-2)7-8-13(14)20(28)24-18/h3-9,17H,10-11H2,1-2H3,(H,23,24,28). The first kappa shape index (κ1) is 21.0. The van der Waals surface area contributed by atoms with Gasteiger partial charge in [0.15, 0.2) is 28.6 Å². The highest BCUT2D eigenvalue weighted by atomic mass is 32.2. The Balaban J connectivity index is 1.34. The van der Waals surface area contributed by atoms with Gasteiger partial charge in [0.05, 0.1) is 29.3 Å². The Morgan fingerprint density at radius 3 is 2.88 bits per heavy atom. The lowest BCUT2D eigenvalue weighted by Crippen LogP contribution is -2.24. The lowest BCUT2D eigenvalue weighted by atomic mass is 10.1. The van der Waals surface area contributed by atoms with Crippen molar-refractivity contribution in [1.82, 2.24) is 24.7 Å². The van der Waals surface area contributed by atoms with Crippen LogP contribution in [0.1, 0.15) is 28.1 Å². The van der Waals surface area contributed by atoms with Gasteiger partial charge in [-0.1, -0.05) is 23.9 Å². The Hall–Kier alpha value is -3.86. The summed E-state index contributed by atoms with van der Waals surface area (Å²) in [5.41, 5.74) is 0.468. The number of fused-ring (bicyclic) bond motifs is 2. The van der Waals surface area contributed by atoms with E-state index in [1.165, 1.54) is 24.9 Å². The van der Waals surface area contributed by atoms with Crippen molar-refractivity contribution in [3.05, 3.63) is 70.0 Å². The second-order valence-electron chi connectivity index (χ2n) is 7.29. The van der Waals surface area contributed by atoms with Crippen LogP contribution >= 0.6 is 11.8 Å². The van der Waals surface area contributed by atoms with Crippen molar-refractivity contribution in [1.29, 1.82) is 0 Å². The van der Waals surface area contributed by atoms with Crippen LogP contribution in [0.2, 0.25) is 0 Å². The fraction of sp³-hybridized carbons (Fsp3) is 0.227. The summed E-state index contributed by atoms with van der Waals surface area (Å²) < 4.78 is 18.4. The number of benzene rings is 2. The number of rotatable bonds is 5. The van der Waals surface area contributed by atoms with E-state index in [1.54, 1.807) is 12.1 Å². The number of thioether (sulfide) groups is 1. The van der Waals surface area contributed by atoms with E-state index in [0.29, 0.717) is 57.1 Å². The molecule has 0 aliphatic carbocycles. The molecule has 2 aromatic heterocycles. The number of methoxy groups -OCH3 is 1. The molecule has 168 valence electrons. The summed E-state index contributed by atoms with van der Waals surface area (Å²) in [4.78, 5) is 31.5. The van der Waals surface area contributed by atoms with Gasteiger partial charge in [0, 0.05) is 7.05 Å². The predicted octanol–water partition coefficient (Wildman–Crippen LogP) is 2.64. The van der Waals surface area contributed by atoms with Crippen molar-refractivity contribution in [3.63, 3.8) is 0 Å². The maximum absolute atomic E-state index is 12.5. The van der Waals surface area contributed by atoms with Gasteiger partial charge in [0.1, 0.15) is 12.4 Å². The zero-order valence-electron chi connectivity index (χ0n) is 17.8. The molecular formula is C22H19N5O5S. The van der Waals surface area contributed by atoms with Crippen molar-refractivity contribution >= 4 is 28.6 Å². The van der Waals surface area contributed by atoms with Gasteiger partial charge in [-0.2, -0.15) is 0 Å². The molecule has 0 amide bonds. The maximum Gasteiger partial charge on any atom is 0.337 e. The van der Waals surface area contributed by atoms with Gasteiger partial charge in [-0.05, 0) is 30.3 Å². The van der Waals surface area contributed by atoms with E-state index >= 15 is 0 Å².